The molecule has 0 bridgehead atoms. The number of H-pyrrole nitrogens is 1. The molecule has 0 saturated carbocycles. The number of nitrogens with zero attached hydrogens (tertiary/aromatic N) is 1. The summed E-state index contributed by atoms with van der Waals surface area (Å²) in [6.07, 6.45) is 2.24. The van der Waals surface area contributed by atoms with Gasteiger partial charge in [-0.1, -0.05) is 24.3 Å². The van der Waals surface area contributed by atoms with Crippen molar-refractivity contribution in [3.63, 3.8) is 0 Å². The van der Waals surface area contributed by atoms with Gasteiger partial charge < -0.3 is 19.7 Å². The van der Waals surface area contributed by atoms with E-state index in [-0.39, 0.29) is 23.8 Å². The number of aromatic amines is 1. The van der Waals surface area contributed by atoms with E-state index in [0.717, 1.165) is 16.7 Å². The molecule has 0 radical (unpaired) electrons. The number of carbonyl (C=O) groups is 1. The summed E-state index contributed by atoms with van der Waals surface area (Å²) in [5.41, 5.74) is 1.96. The van der Waals surface area contributed by atoms with Crippen LogP contribution in [-0.4, -0.2) is 39.3 Å². The van der Waals surface area contributed by atoms with Crippen LogP contribution in [0.15, 0.2) is 47.4 Å². The molecule has 2 heterocycles. The highest BCUT2D eigenvalue weighted by atomic mass is 16.6. The lowest BCUT2D eigenvalue weighted by molar-refractivity contribution is -0.0309. The van der Waals surface area contributed by atoms with Crippen LogP contribution in [0.3, 0.4) is 0 Å². The second-order valence-corrected chi connectivity index (χ2v) is 7.74. The third-order valence-electron chi connectivity index (χ3n) is 4.90. The number of benzene rings is 1. The number of ether oxygens (including phenoxy) is 1. The number of aromatic nitrogens is 1. The zero-order valence-corrected chi connectivity index (χ0v) is 15.9. The summed E-state index contributed by atoms with van der Waals surface area (Å²) in [6.45, 7) is 6.02. The maximum atomic E-state index is 12.4. The molecule has 2 N–H and O–H groups in total. The Kier molecular flexibility index (Phi) is 5.37. The maximum absolute atomic E-state index is 12.4. The lowest BCUT2D eigenvalue weighted by Gasteiger charge is -2.37. The Bertz CT molecular complexity index is 831. The summed E-state index contributed by atoms with van der Waals surface area (Å²) in [6, 6.07) is 11.1. The predicted octanol–water partition coefficient (Wildman–Crippen LogP) is 3.47. The Morgan fingerprint density at radius 3 is 2.41 bits per heavy atom. The lowest BCUT2D eigenvalue weighted by atomic mass is 9.97. The van der Waals surface area contributed by atoms with Crippen LogP contribution >= 0.6 is 0 Å². The van der Waals surface area contributed by atoms with Crippen LogP contribution < -0.4 is 5.56 Å². The van der Waals surface area contributed by atoms with Crippen LogP contribution in [0, 0.1) is 0 Å². The lowest BCUT2D eigenvalue weighted by Crippen LogP contribution is -2.45. The number of pyridine rings is 1. The highest BCUT2D eigenvalue weighted by molar-refractivity contribution is 5.69. The van der Waals surface area contributed by atoms with E-state index in [4.69, 9.17) is 4.74 Å². The molecule has 6 nitrogen and oxygen atoms in total. The van der Waals surface area contributed by atoms with Crippen molar-refractivity contribution in [3.8, 4) is 11.1 Å². The van der Waals surface area contributed by atoms with E-state index in [0.29, 0.717) is 19.4 Å². The minimum absolute atomic E-state index is 0.106. The van der Waals surface area contributed by atoms with Crippen molar-refractivity contribution >= 4 is 6.09 Å². The van der Waals surface area contributed by atoms with E-state index in [9.17, 15) is 14.7 Å². The van der Waals surface area contributed by atoms with Gasteiger partial charge in [0.15, 0.2) is 0 Å². The van der Waals surface area contributed by atoms with E-state index in [2.05, 4.69) is 4.98 Å². The first-order valence-corrected chi connectivity index (χ1v) is 9.22. The highest BCUT2D eigenvalue weighted by Crippen LogP contribution is 2.29. The Morgan fingerprint density at radius 2 is 1.85 bits per heavy atom. The van der Waals surface area contributed by atoms with Crippen LogP contribution in [0.5, 0.6) is 0 Å². The van der Waals surface area contributed by atoms with Gasteiger partial charge in [0.25, 0.3) is 0 Å². The fraction of sp³-hybridized carbons (Fsp3) is 0.429. The Hall–Kier alpha value is -2.60. The van der Waals surface area contributed by atoms with E-state index in [1.165, 1.54) is 6.07 Å². The van der Waals surface area contributed by atoms with Crippen molar-refractivity contribution < 1.29 is 14.6 Å². The number of rotatable bonds is 5. The van der Waals surface area contributed by atoms with Crippen LogP contribution in [-0.2, 0) is 4.74 Å². The van der Waals surface area contributed by atoms with Crippen LogP contribution in [0.25, 0.3) is 11.1 Å². The molecule has 1 aliphatic heterocycles. The number of cyclic esters (lactones) is 1. The zero-order chi connectivity index (χ0) is 19.6. The SMILES string of the molecule is CC(c1ccc(-c2ccc(=O)[nH]c2)cc1)N1CCC(CC(C)(C)O)OC1=O. The zero-order valence-electron chi connectivity index (χ0n) is 15.9. The number of hydrogen-bond acceptors (Lipinski definition) is 4. The van der Waals surface area contributed by atoms with Crippen molar-refractivity contribution in [1.29, 1.82) is 0 Å². The number of nitrogens with one attached hydrogen (secondary N) is 1. The average molecular weight is 370 g/mol. The van der Waals surface area contributed by atoms with Crippen molar-refractivity contribution in [3.05, 3.63) is 58.5 Å². The third-order valence-corrected chi connectivity index (χ3v) is 4.90. The maximum Gasteiger partial charge on any atom is 0.410 e. The van der Waals surface area contributed by atoms with Crippen LogP contribution in [0.4, 0.5) is 4.79 Å². The third kappa shape index (κ3) is 4.77. The fourth-order valence-electron chi connectivity index (χ4n) is 3.42. The molecule has 1 aliphatic rings. The average Bonchev–Trinajstić information content (AvgIpc) is 2.61. The van der Waals surface area contributed by atoms with Gasteiger partial charge >= 0.3 is 6.09 Å². The fourth-order valence-corrected chi connectivity index (χ4v) is 3.42. The molecule has 1 aromatic heterocycles. The van der Waals surface area contributed by atoms with Gasteiger partial charge in [-0.25, -0.2) is 4.79 Å². The Labute approximate surface area is 158 Å². The number of carbonyl (C=O) groups excluding carboxylic acids is 1. The molecule has 1 amide bonds. The topological polar surface area (TPSA) is 82.6 Å². The minimum atomic E-state index is -0.851. The van der Waals surface area contributed by atoms with Gasteiger partial charge in [-0.3, -0.25) is 4.79 Å². The molecule has 27 heavy (non-hydrogen) atoms. The van der Waals surface area contributed by atoms with Crippen molar-refractivity contribution in [2.75, 3.05) is 6.54 Å². The molecular weight excluding hydrogens is 344 g/mol. The first-order chi connectivity index (χ1) is 12.7. The minimum Gasteiger partial charge on any atom is -0.446 e. The predicted molar refractivity (Wildman–Crippen MR) is 103 cm³/mol. The monoisotopic (exact) mass is 370 g/mol. The van der Waals surface area contributed by atoms with Gasteiger partial charge in [-0.15, -0.1) is 0 Å². The molecular formula is C21H26N2O4. The smallest absolute Gasteiger partial charge is 0.410 e. The number of amides is 1. The molecule has 2 atom stereocenters. The van der Waals surface area contributed by atoms with Gasteiger partial charge in [-0.2, -0.15) is 0 Å². The van der Waals surface area contributed by atoms with E-state index >= 15 is 0 Å². The first-order valence-electron chi connectivity index (χ1n) is 9.22. The van der Waals surface area contributed by atoms with Gasteiger partial charge in [0.1, 0.15) is 6.10 Å². The van der Waals surface area contributed by atoms with Crippen molar-refractivity contribution in [1.82, 2.24) is 9.88 Å². The Balaban J connectivity index is 1.67. The van der Waals surface area contributed by atoms with E-state index in [1.807, 2.05) is 31.2 Å². The number of hydrogen-bond donors (Lipinski definition) is 2. The number of aliphatic hydroxyl groups is 1. The molecule has 0 aliphatic carbocycles. The summed E-state index contributed by atoms with van der Waals surface area (Å²) < 4.78 is 5.52. The normalized spacial score (nSPS) is 18.9. The van der Waals surface area contributed by atoms with Gasteiger partial charge in [0.2, 0.25) is 5.56 Å². The van der Waals surface area contributed by atoms with E-state index in [1.54, 1.807) is 31.0 Å². The standard InChI is InChI=1S/C21H26N2O4/c1-14(23-11-10-18(27-20(23)25)12-21(2,3)26)15-4-6-16(7-5-15)17-8-9-19(24)22-13-17/h4-9,13-14,18,26H,10-12H2,1-3H3,(H,22,24). The second-order valence-electron chi connectivity index (χ2n) is 7.74. The van der Waals surface area contributed by atoms with Crippen LogP contribution in [0.1, 0.15) is 45.2 Å². The van der Waals surface area contributed by atoms with Gasteiger partial charge in [0, 0.05) is 31.6 Å². The van der Waals surface area contributed by atoms with Crippen molar-refractivity contribution in [2.45, 2.75) is 51.4 Å². The Morgan fingerprint density at radius 1 is 1.19 bits per heavy atom. The van der Waals surface area contributed by atoms with Crippen molar-refractivity contribution in [2.24, 2.45) is 0 Å². The molecule has 3 rings (SSSR count). The first kappa shape index (κ1) is 19.2. The quantitative estimate of drug-likeness (QED) is 0.844. The highest BCUT2D eigenvalue weighted by Gasteiger charge is 2.33. The van der Waals surface area contributed by atoms with Gasteiger partial charge in [-0.05, 0) is 43.5 Å². The molecule has 6 heteroatoms. The van der Waals surface area contributed by atoms with E-state index < -0.39 is 5.60 Å². The molecule has 1 saturated heterocycles. The summed E-state index contributed by atoms with van der Waals surface area (Å²) in [5, 5.41) is 9.92. The largest absolute Gasteiger partial charge is 0.446 e. The summed E-state index contributed by atoms with van der Waals surface area (Å²) in [4.78, 5) is 28.0. The molecule has 2 aromatic rings. The molecule has 144 valence electrons. The molecule has 2 unspecified atom stereocenters. The molecule has 1 aromatic carbocycles. The summed E-state index contributed by atoms with van der Waals surface area (Å²) >= 11 is 0. The summed E-state index contributed by atoms with van der Waals surface area (Å²) in [7, 11) is 0. The second kappa shape index (κ2) is 7.56. The van der Waals surface area contributed by atoms with Crippen LogP contribution in [0.2, 0.25) is 0 Å². The van der Waals surface area contributed by atoms with Gasteiger partial charge in [0.05, 0.1) is 11.6 Å². The molecule has 0 spiro atoms. The summed E-state index contributed by atoms with van der Waals surface area (Å²) in [5.74, 6) is 0. The molecule has 1 fully saturated rings.